The minimum atomic E-state index is 0.310. The number of unbranched alkanes of at least 4 members (excludes halogenated alkanes) is 8. The number of nitriles is 1. The predicted octanol–water partition coefficient (Wildman–Crippen LogP) is 6.66. The van der Waals surface area contributed by atoms with Gasteiger partial charge in [-0.2, -0.15) is 5.26 Å². The summed E-state index contributed by atoms with van der Waals surface area (Å²) in [6, 6.07) is 13.4. The number of aliphatic hydroxyl groups excluding tert-OH is 1. The van der Waals surface area contributed by atoms with Crippen LogP contribution in [-0.2, 0) is 0 Å². The Kier molecular flexibility index (Phi) is 13.2. The quantitative estimate of drug-likeness (QED) is 0.155. The highest BCUT2D eigenvalue weighted by Crippen LogP contribution is 2.33. The molecule has 0 aliphatic rings. The number of hydrogen-bond donors (Lipinski definition) is 1. The Morgan fingerprint density at radius 1 is 0.743 bits per heavy atom. The molecule has 0 heterocycles. The van der Waals surface area contributed by atoms with Gasteiger partial charge in [0.1, 0.15) is 0 Å². The van der Waals surface area contributed by atoms with Crippen molar-refractivity contribution in [3.63, 3.8) is 0 Å². The van der Waals surface area contributed by atoms with Crippen molar-refractivity contribution < 1.29 is 24.1 Å². The van der Waals surface area contributed by atoms with E-state index in [1.807, 2.05) is 30.3 Å². The molecule has 190 valence electrons. The van der Waals surface area contributed by atoms with Gasteiger partial charge in [-0.3, -0.25) is 0 Å². The second kappa shape index (κ2) is 16.5. The maximum Gasteiger partial charge on any atom is 0.161 e. The minimum absolute atomic E-state index is 0.310. The summed E-state index contributed by atoms with van der Waals surface area (Å²) in [5.74, 6) is 2.54. The van der Waals surface area contributed by atoms with Crippen LogP contribution < -0.4 is 18.9 Å². The Bertz CT molecular complexity index is 964. The summed E-state index contributed by atoms with van der Waals surface area (Å²) in [4.78, 5) is 0. The number of ether oxygens (including phenoxy) is 4. The van der Waals surface area contributed by atoms with Crippen LogP contribution in [0.2, 0.25) is 0 Å². The second-order valence-electron chi connectivity index (χ2n) is 8.40. The molecule has 2 aromatic rings. The summed E-state index contributed by atoms with van der Waals surface area (Å²) in [5, 5.41) is 18.5. The van der Waals surface area contributed by atoms with Crippen LogP contribution in [0.5, 0.6) is 23.0 Å². The second-order valence-corrected chi connectivity index (χ2v) is 8.40. The molecule has 0 radical (unpaired) electrons. The topological polar surface area (TPSA) is 80.9 Å². The molecule has 0 atom stereocenters. The third-order valence-electron chi connectivity index (χ3n) is 5.87. The number of allylic oxidation sites excluding steroid dienone is 1. The molecule has 0 fully saturated rings. The minimum Gasteiger partial charge on any atom is -0.493 e. The van der Waals surface area contributed by atoms with Gasteiger partial charge in [0.05, 0.1) is 39.6 Å². The van der Waals surface area contributed by atoms with Gasteiger partial charge in [-0.1, -0.05) is 51.0 Å². The van der Waals surface area contributed by atoms with E-state index in [1.165, 1.54) is 32.1 Å². The summed E-state index contributed by atoms with van der Waals surface area (Å²) < 4.78 is 22.1. The van der Waals surface area contributed by atoms with Crippen LogP contribution in [0.3, 0.4) is 0 Å². The standard InChI is InChI=1S/C29H39NO5/c1-32-26-16-14-24(21-29(26)34-3)25(22-30)19-23-13-15-27(28(20-23)33-2)35-18-12-10-8-6-4-5-7-9-11-17-31/h13-16,19-21,31H,4-12,17-18H2,1-3H3. The highest BCUT2D eigenvalue weighted by molar-refractivity contribution is 5.90. The zero-order valence-electron chi connectivity index (χ0n) is 21.3. The van der Waals surface area contributed by atoms with Gasteiger partial charge in [0.2, 0.25) is 0 Å². The van der Waals surface area contributed by atoms with Crippen molar-refractivity contribution in [2.24, 2.45) is 0 Å². The first-order chi connectivity index (χ1) is 17.2. The van der Waals surface area contributed by atoms with Crippen LogP contribution in [0.4, 0.5) is 0 Å². The van der Waals surface area contributed by atoms with Crippen molar-refractivity contribution in [1.29, 1.82) is 5.26 Å². The van der Waals surface area contributed by atoms with Crippen molar-refractivity contribution in [2.75, 3.05) is 34.5 Å². The molecule has 35 heavy (non-hydrogen) atoms. The fourth-order valence-corrected chi connectivity index (χ4v) is 3.88. The smallest absolute Gasteiger partial charge is 0.161 e. The molecule has 2 rings (SSSR count). The molecular formula is C29H39NO5. The van der Waals surface area contributed by atoms with Crippen molar-refractivity contribution in [3.05, 3.63) is 47.5 Å². The normalized spacial score (nSPS) is 11.1. The summed E-state index contributed by atoms with van der Waals surface area (Å²) in [6.07, 6.45) is 12.3. The van der Waals surface area contributed by atoms with E-state index in [-0.39, 0.29) is 0 Å². The maximum absolute atomic E-state index is 9.73. The van der Waals surface area contributed by atoms with Crippen LogP contribution in [0, 0.1) is 11.3 Å². The summed E-state index contributed by atoms with van der Waals surface area (Å²) in [5.41, 5.74) is 2.10. The highest BCUT2D eigenvalue weighted by atomic mass is 16.5. The van der Waals surface area contributed by atoms with E-state index in [2.05, 4.69) is 6.07 Å². The van der Waals surface area contributed by atoms with E-state index >= 15 is 0 Å². The van der Waals surface area contributed by atoms with Gasteiger partial charge in [-0.15, -0.1) is 0 Å². The molecule has 0 aromatic heterocycles. The molecule has 0 aliphatic heterocycles. The molecule has 6 nitrogen and oxygen atoms in total. The van der Waals surface area contributed by atoms with E-state index in [0.29, 0.717) is 41.8 Å². The molecule has 0 unspecified atom stereocenters. The van der Waals surface area contributed by atoms with Gasteiger partial charge in [0, 0.05) is 6.61 Å². The number of hydrogen-bond acceptors (Lipinski definition) is 6. The Balaban J connectivity index is 1.89. The summed E-state index contributed by atoms with van der Waals surface area (Å²) in [7, 11) is 4.78. The molecule has 0 aliphatic carbocycles. The van der Waals surface area contributed by atoms with Crippen molar-refractivity contribution in [3.8, 4) is 29.1 Å². The first-order valence-corrected chi connectivity index (χ1v) is 12.4. The lowest BCUT2D eigenvalue weighted by Crippen LogP contribution is -1.99. The van der Waals surface area contributed by atoms with Crippen molar-refractivity contribution >= 4 is 11.6 Å². The molecule has 1 N–H and O–H groups in total. The monoisotopic (exact) mass is 481 g/mol. The van der Waals surface area contributed by atoms with Crippen LogP contribution in [-0.4, -0.2) is 39.6 Å². The zero-order chi connectivity index (χ0) is 25.3. The molecule has 0 saturated carbocycles. The zero-order valence-corrected chi connectivity index (χ0v) is 21.3. The average Bonchev–Trinajstić information content (AvgIpc) is 2.90. The lowest BCUT2D eigenvalue weighted by Gasteiger charge is -2.12. The van der Waals surface area contributed by atoms with Gasteiger partial charge in [0.15, 0.2) is 23.0 Å². The number of rotatable bonds is 17. The number of benzene rings is 2. The Hall–Kier alpha value is -3.17. The van der Waals surface area contributed by atoms with Gasteiger partial charge >= 0.3 is 0 Å². The number of methoxy groups -OCH3 is 3. The van der Waals surface area contributed by atoms with Gasteiger partial charge < -0.3 is 24.1 Å². The van der Waals surface area contributed by atoms with Gasteiger partial charge in [0.25, 0.3) is 0 Å². The van der Waals surface area contributed by atoms with Crippen LogP contribution in [0.25, 0.3) is 11.6 Å². The van der Waals surface area contributed by atoms with E-state index in [0.717, 1.165) is 36.8 Å². The highest BCUT2D eigenvalue weighted by Gasteiger charge is 2.10. The van der Waals surface area contributed by atoms with Crippen molar-refractivity contribution in [2.45, 2.75) is 57.8 Å². The SMILES string of the molecule is COc1ccc(C(C#N)=Cc2ccc(OCCCCCCCCCCCO)c(OC)c2)cc1OC. The molecule has 0 amide bonds. The van der Waals surface area contributed by atoms with Crippen LogP contribution in [0.1, 0.15) is 68.9 Å². The molecule has 0 bridgehead atoms. The Morgan fingerprint density at radius 2 is 1.31 bits per heavy atom. The van der Waals surface area contributed by atoms with Gasteiger partial charge in [-0.25, -0.2) is 0 Å². The molecular weight excluding hydrogens is 442 g/mol. The van der Waals surface area contributed by atoms with Crippen LogP contribution >= 0.6 is 0 Å². The van der Waals surface area contributed by atoms with E-state index in [9.17, 15) is 5.26 Å². The average molecular weight is 482 g/mol. The van der Waals surface area contributed by atoms with E-state index in [4.69, 9.17) is 24.1 Å². The molecule has 6 heteroatoms. The Labute approximate surface area is 210 Å². The predicted molar refractivity (Wildman–Crippen MR) is 140 cm³/mol. The summed E-state index contributed by atoms with van der Waals surface area (Å²) >= 11 is 0. The lowest BCUT2D eigenvalue weighted by molar-refractivity contribution is 0.281. The number of nitrogens with zero attached hydrogens (tertiary/aromatic N) is 1. The van der Waals surface area contributed by atoms with Crippen molar-refractivity contribution in [1.82, 2.24) is 0 Å². The van der Waals surface area contributed by atoms with Gasteiger partial charge in [-0.05, 0) is 60.4 Å². The molecule has 2 aromatic carbocycles. The van der Waals surface area contributed by atoms with E-state index < -0.39 is 0 Å². The summed E-state index contributed by atoms with van der Waals surface area (Å²) in [6.45, 7) is 0.960. The van der Waals surface area contributed by atoms with Crippen LogP contribution in [0.15, 0.2) is 36.4 Å². The lowest BCUT2D eigenvalue weighted by atomic mass is 10.0. The molecule has 0 spiro atoms. The molecule has 0 saturated heterocycles. The largest absolute Gasteiger partial charge is 0.493 e. The number of aliphatic hydroxyl groups is 1. The fourth-order valence-electron chi connectivity index (χ4n) is 3.88. The third-order valence-corrected chi connectivity index (χ3v) is 5.87. The maximum atomic E-state index is 9.73. The van der Waals surface area contributed by atoms with E-state index in [1.54, 1.807) is 33.5 Å². The first-order valence-electron chi connectivity index (χ1n) is 12.4. The third kappa shape index (κ3) is 9.54. The first kappa shape index (κ1) is 28.1. The Morgan fingerprint density at radius 3 is 1.91 bits per heavy atom. The fraction of sp³-hybridized carbons (Fsp3) is 0.483.